The van der Waals surface area contributed by atoms with Crippen molar-refractivity contribution in [1.82, 2.24) is 15.1 Å². The van der Waals surface area contributed by atoms with Crippen molar-refractivity contribution in [2.75, 3.05) is 17.1 Å². The molecule has 0 aliphatic carbocycles. The fourth-order valence-corrected chi connectivity index (χ4v) is 3.89. The van der Waals surface area contributed by atoms with Gasteiger partial charge in [0.25, 0.3) is 5.91 Å². The van der Waals surface area contributed by atoms with Crippen LogP contribution in [-0.2, 0) is 30.0 Å². The van der Waals surface area contributed by atoms with E-state index in [0.717, 1.165) is 24.1 Å². The van der Waals surface area contributed by atoms with E-state index in [0.29, 0.717) is 24.3 Å². The van der Waals surface area contributed by atoms with Crippen LogP contribution in [0.1, 0.15) is 28.0 Å². The minimum atomic E-state index is -3.29. The van der Waals surface area contributed by atoms with E-state index in [2.05, 4.69) is 10.4 Å². The molecule has 3 rings (SSSR count). The van der Waals surface area contributed by atoms with Crippen LogP contribution in [0.15, 0.2) is 30.5 Å². The predicted molar refractivity (Wildman–Crippen MR) is 91.3 cm³/mol. The number of hydrogen-bond acceptors (Lipinski definition) is 4. The van der Waals surface area contributed by atoms with Crippen molar-refractivity contribution in [2.45, 2.75) is 19.4 Å². The summed E-state index contributed by atoms with van der Waals surface area (Å²) in [6.07, 6.45) is 4.40. The monoisotopic (exact) mass is 348 g/mol. The van der Waals surface area contributed by atoms with Crippen molar-refractivity contribution in [3.05, 3.63) is 47.3 Å². The predicted octanol–water partition coefficient (Wildman–Crippen LogP) is 1.06. The van der Waals surface area contributed by atoms with Crippen LogP contribution in [0.4, 0.5) is 5.69 Å². The van der Waals surface area contributed by atoms with Gasteiger partial charge in [0, 0.05) is 25.4 Å². The van der Waals surface area contributed by atoms with Crippen LogP contribution >= 0.6 is 0 Å². The molecule has 1 aliphatic rings. The molecule has 0 atom stereocenters. The van der Waals surface area contributed by atoms with Gasteiger partial charge >= 0.3 is 0 Å². The number of carbonyl (C=O) groups excluding carboxylic acids is 1. The first-order valence-corrected chi connectivity index (χ1v) is 9.57. The second kappa shape index (κ2) is 6.27. The van der Waals surface area contributed by atoms with Gasteiger partial charge in [-0.3, -0.25) is 13.8 Å². The number of aryl methyl sites for hydroxylation is 2. The molecule has 0 fully saturated rings. The summed E-state index contributed by atoms with van der Waals surface area (Å²) < 4.78 is 26.9. The van der Waals surface area contributed by atoms with E-state index in [4.69, 9.17) is 0 Å². The van der Waals surface area contributed by atoms with Gasteiger partial charge in [-0.2, -0.15) is 5.10 Å². The van der Waals surface area contributed by atoms with Crippen molar-refractivity contribution in [1.29, 1.82) is 0 Å². The minimum absolute atomic E-state index is 0.185. The van der Waals surface area contributed by atoms with E-state index in [1.165, 1.54) is 10.6 Å². The molecule has 1 aromatic carbocycles. The highest BCUT2D eigenvalue weighted by Gasteiger charge is 2.24. The Bertz CT molecular complexity index is 873. The van der Waals surface area contributed by atoms with E-state index in [-0.39, 0.29) is 5.91 Å². The summed E-state index contributed by atoms with van der Waals surface area (Å²) in [6, 6.07) is 7.01. The summed E-state index contributed by atoms with van der Waals surface area (Å²) in [5, 5.41) is 6.92. The van der Waals surface area contributed by atoms with E-state index < -0.39 is 10.0 Å². The Morgan fingerprint density at radius 3 is 2.79 bits per heavy atom. The van der Waals surface area contributed by atoms with Gasteiger partial charge in [0.1, 0.15) is 0 Å². The lowest BCUT2D eigenvalue weighted by Crippen LogP contribution is -2.34. The maximum Gasteiger partial charge on any atom is 0.251 e. The Kier molecular flexibility index (Phi) is 4.31. The summed E-state index contributed by atoms with van der Waals surface area (Å²) >= 11 is 0. The first kappa shape index (κ1) is 16.5. The fourth-order valence-electron chi connectivity index (χ4n) is 2.90. The molecular weight excluding hydrogens is 328 g/mol. The molecule has 0 radical (unpaired) electrons. The standard InChI is InChI=1S/C16H20N4O3S/c1-19-14(7-8-18-19)11-17-16(21)13-5-6-15-12(10-13)4-3-9-20(15)24(2,22)23/h5-8,10H,3-4,9,11H2,1-2H3,(H,17,21). The first-order valence-electron chi connectivity index (χ1n) is 7.72. The number of rotatable bonds is 4. The van der Waals surface area contributed by atoms with Crippen LogP contribution in [0, 0.1) is 0 Å². The number of fused-ring (bicyclic) bond motifs is 1. The minimum Gasteiger partial charge on any atom is -0.346 e. The maximum atomic E-state index is 12.3. The van der Waals surface area contributed by atoms with Gasteiger partial charge in [-0.15, -0.1) is 0 Å². The fraction of sp³-hybridized carbons (Fsp3) is 0.375. The number of nitrogens with one attached hydrogen (secondary N) is 1. The van der Waals surface area contributed by atoms with E-state index >= 15 is 0 Å². The van der Waals surface area contributed by atoms with Crippen molar-refractivity contribution in [3.63, 3.8) is 0 Å². The first-order chi connectivity index (χ1) is 11.4. The summed E-state index contributed by atoms with van der Waals surface area (Å²) in [5.41, 5.74) is 3.00. The molecule has 0 unspecified atom stereocenters. The number of benzene rings is 1. The largest absolute Gasteiger partial charge is 0.346 e. The van der Waals surface area contributed by atoms with Crippen LogP contribution in [0.2, 0.25) is 0 Å². The molecule has 0 saturated heterocycles. The molecule has 1 aromatic heterocycles. The van der Waals surface area contributed by atoms with Crippen molar-refractivity contribution >= 4 is 21.6 Å². The van der Waals surface area contributed by atoms with Crippen molar-refractivity contribution in [2.24, 2.45) is 7.05 Å². The number of amides is 1. The molecule has 1 amide bonds. The Labute approximate surface area is 141 Å². The third-order valence-electron chi connectivity index (χ3n) is 4.17. The van der Waals surface area contributed by atoms with Gasteiger partial charge < -0.3 is 5.32 Å². The maximum absolute atomic E-state index is 12.3. The zero-order chi connectivity index (χ0) is 17.3. The lowest BCUT2D eigenvalue weighted by molar-refractivity contribution is 0.0950. The molecule has 1 N–H and O–H groups in total. The van der Waals surface area contributed by atoms with E-state index in [1.807, 2.05) is 13.1 Å². The zero-order valence-corrected chi connectivity index (χ0v) is 14.5. The quantitative estimate of drug-likeness (QED) is 0.895. The van der Waals surface area contributed by atoms with Gasteiger partial charge in [0.15, 0.2) is 0 Å². The number of anilines is 1. The number of hydrogen-bond donors (Lipinski definition) is 1. The molecule has 2 aromatic rings. The molecule has 1 aliphatic heterocycles. The number of aromatic nitrogens is 2. The van der Waals surface area contributed by atoms with Crippen molar-refractivity contribution < 1.29 is 13.2 Å². The highest BCUT2D eigenvalue weighted by molar-refractivity contribution is 7.92. The third-order valence-corrected chi connectivity index (χ3v) is 5.35. The lowest BCUT2D eigenvalue weighted by atomic mass is 10.0. The molecule has 0 spiro atoms. The summed E-state index contributed by atoms with van der Waals surface area (Å²) in [7, 11) is -1.47. The normalized spacial score (nSPS) is 14.3. The van der Waals surface area contributed by atoms with Crippen LogP contribution in [0.5, 0.6) is 0 Å². The van der Waals surface area contributed by atoms with Gasteiger partial charge in [0.05, 0.1) is 24.2 Å². The molecule has 0 saturated carbocycles. The van der Waals surface area contributed by atoms with Gasteiger partial charge in [0.2, 0.25) is 10.0 Å². The highest BCUT2D eigenvalue weighted by atomic mass is 32.2. The van der Waals surface area contributed by atoms with Crippen LogP contribution in [0.25, 0.3) is 0 Å². The smallest absolute Gasteiger partial charge is 0.251 e. The second-order valence-electron chi connectivity index (χ2n) is 5.91. The van der Waals surface area contributed by atoms with Crippen LogP contribution in [0.3, 0.4) is 0 Å². The van der Waals surface area contributed by atoms with Gasteiger partial charge in [-0.25, -0.2) is 8.42 Å². The van der Waals surface area contributed by atoms with E-state index in [9.17, 15) is 13.2 Å². The Balaban J connectivity index is 1.78. The average Bonchev–Trinajstić information content (AvgIpc) is 2.95. The van der Waals surface area contributed by atoms with Crippen LogP contribution in [-0.4, -0.2) is 36.9 Å². The number of carbonyl (C=O) groups is 1. The molecular formula is C16H20N4O3S. The average molecular weight is 348 g/mol. The molecule has 7 nitrogen and oxygen atoms in total. The summed E-state index contributed by atoms with van der Waals surface area (Å²) in [5.74, 6) is -0.185. The molecule has 8 heteroatoms. The summed E-state index contributed by atoms with van der Waals surface area (Å²) in [6.45, 7) is 0.875. The molecule has 0 bridgehead atoms. The summed E-state index contributed by atoms with van der Waals surface area (Å²) in [4.78, 5) is 12.3. The molecule has 24 heavy (non-hydrogen) atoms. The Hall–Kier alpha value is -2.35. The lowest BCUT2D eigenvalue weighted by Gasteiger charge is -2.29. The third kappa shape index (κ3) is 3.28. The Morgan fingerprint density at radius 2 is 2.12 bits per heavy atom. The van der Waals surface area contributed by atoms with E-state index in [1.54, 1.807) is 29.1 Å². The topological polar surface area (TPSA) is 84.3 Å². The van der Waals surface area contributed by atoms with Gasteiger partial charge in [-0.05, 0) is 42.7 Å². The van der Waals surface area contributed by atoms with Gasteiger partial charge in [-0.1, -0.05) is 0 Å². The van der Waals surface area contributed by atoms with Crippen molar-refractivity contribution in [3.8, 4) is 0 Å². The molecule has 128 valence electrons. The number of nitrogens with zero attached hydrogens (tertiary/aromatic N) is 3. The number of sulfonamides is 1. The SMILES string of the molecule is Cn1nccc1CNC(=O)c1ccc2c(c1)CCCN2S(C)(=O)=O. The Morgan fingerprint density at radius 1 is 1.33 bits per heavy atom. The van der Waals surface area contributed by atoms with Crippen LogP contribution < -0.4 is 9.62 Å². The molecule has 2 heterocycles. The second-order valence-corrected chi connectivity index (χ2v) is 7.82. The highest BCUT2D eigenvalue weighted by Crippen LogP contribution is 2.29. The zero-order valence-electron chi connectivity index (χ0n) is 13.7.